The third-order valence-electron chi connectivity index (χ3n) is 2.28. The van der Waals surface area contributed by atoms with Crippen LogP contribution in [0.15, 0.2) is 16.6 Å². The number of halogens is 1. The number of rotatable bonds is 0. The molecule has 1 aromatic rings. The molecule has 1 aromatic carbocycles. The number of fused-ring (bicyclic) bond motifs is 1. The van der Waals surface area contributed by atoms with Crippen LogP contribution in [0.4, 0.5) is 0 Å². The maximum atomic E-state index is 9.75. The van der Waals surface area contributed by atoms with E-state index in [1.165, 1.54) is 0 Å². The van der Waals surface area contributed by atoms with Crippen molar-refractivity contribution in [3.8, 4) is 5.75 Å². The van der Waals surface area contributed by atoms with Crippen LogP contribution < -0.4 is 4.74 Å². The van der Waals surface area contributed by atoms with Crippen molar-refractivity contribution in [2.24, 2.45) is 0 Å². The van der Waals surface area contributed by atoms with Gasteiger partial charge in [0.1, 0.15) is 18.0 Å². The van der Waals surface area contributed by atoms with Gasteiger partial charge in [0.15, 0.2) is 0 Å². The Bertz CT molecular complexity index is 349. The lowest BCUT2D eigenvalue weighted by Crippen LogP contribution is -2.12. The van der Waals surface area contributed by atoms with Crippen molar-refractivity contribution < 1.29 is 9.84 Å². The maximum absolute atomic E-state index is 9.75. The first-order valence-electron chi connectivity index (χ1n) is 4.24. The summed E-state index contributed by atoms with van der Waals surface area (Å²) in [5, 5.41) is 9.75. The zero-order valence-corrected chi connectivity index (χ0v) is 9.13. The van der Waals surface area contributed by atoms with Crippen molar-refractivity contribution in [2.45, 2.75) is 26.1 Å². The molecule has 0 amide bonds. The van der Waals surface area contributed by atoms with Gasteiger partial charge in [-0.05, 0) is 47.5 Å². The highest BCUT2D eigenvalue weighted by molar-refractivity contribution is 9.10. The van der Waals surface area contributed by atoms with Gasteiger partial charge in [-0.3, -0.25) is 0 Å². The normalized spacial score (nSPS) is 25.5. The molecular formula is C10H11BrO2. The van der Waals surface area contributed by atoms with Crippen molar-refractivity contribution in [3.05, 3.63) is 27.7 Å². The Morgan fingerprint density at radius 1 is 1.46 bits per heavy atom. The maximum Gasteiger partial charge on any atom is 0.140 e. The Morgan fingerprint density at radius 2 is 2.15 bits per heavy atom. The minimum Gasteiger partial charge on any atom is -0.486 e. The summed E-state index contributed by atoms with van der Waals surface area (Å²) in [7, 11) is 0. The highest BCUT2D eigenvalue weighted by Crippen LogP contribution is 2.42. The Kier molecular flexibility index (Phi) is 2.08. The predicted octanol–water partition coefficient (Wildman–Crippen LogP) is 2.57. The van der Waals surface area contributed by atoms with Gasteiger partial charge < -0.3 is 9.84 Å². The lowest BCUT2D eigenvalue weighted by molar-refractivity contribution is 0.0793. The largest absolute Gasteiger partial charge is 0.486 e. The van der Waals surface area contributed by atoms with Crippen molar-refractivity contribution in [2.75, 3.05) is 0 Å². The quantitative estimate of drug-likeness (QED) is 0.758. The summed E-state index contributed by atoms with van der Waals surface area (Å²) in [6.07, 6.45) is -0.640. The minimum atomic E-state index is -0.494. The summed E-state index contributed by atoms with van der Waals surface area (Å²) in [6.45, 7) is 3.87. The number of aryl methyl sites for hydroxylation is 1. The fourth-order valence-electron chi connectivity index (χ4n) is 1.60. The van der Waals surface area contributed by atoms with Gasteiger partial charge in [0.25, 0.3) is 0 Å². The zero-order chi connectivity index (χ0) is 9.59. The number of hydrogen-bond donors (Lipinski definition) is 1. The Morgan fingerprint density at radius 3 is 2.85 bits per heavy atom. The van der Waals surface area contributed by atoms with Gasteiger partial charge in [0.05, 0.1) is 4.47 Å². The summed E-state index contributed by atoms with van der Waals surface area (Å²) in [5.41, 5.74) is 2.02. The Labute approximate surface area is 85.7 Å². The van der Waals surface area contributed by atoms with Crippen LogP contribution in [0.25, 0.3) is 0 Å². The first-order valence-corrected chi connectivity index (χ1v) is 5.03. The zero-order valence-electron chi connectivity index (χ0n) is 7.54. The average molecular weight is 243 g/mol. The fourth-order valence-corrected chi connectivity index (χ4v) is 2.29. The van der Waals surface area contributed by atoms with Gasteiger partial charge in [0.2, 0.25) is 0 Å². The van der Waals surface area contributed by atoms with Gasteiger partial charge in [-0.2, -0.15) is 0 Å². The van der Waals surface area contributed by atoms with Crippen molar-refractivity contribution in [3.63, 3.8) is 0 Å². The molecule has 0 radical (unpaired) electrons. The van der Waals surface area contributed by atoms with Gasteiger partial charge in [-0.15, -0.1) is 0 Å². The molecule has 2 atom stereocenters. The Hall–Kier alpha value is -0.540. The molecule has 2 unspecified atom stereocenters. The summed E-state index contributed by atoms with van der Waals surface area (Å²) in [5.74, 6) is 0.783. The SMILES string of the molecule is Cc1cc(Br)c2c(c1)C(O)C(C)O2. The Balaban J connectivity index is 2.57. The fraction of sp³-hybridized carbons (Fsp3) is 0.400. The van der Waals surface area contributed by atoms with Crippen molar-refractivity contribution in [1.29, 1.82) is 0 Å². The van der Waals surface area contributed by atoms with Gasteiger partial charge in [-0.1, -0.05) is 0 Å². The van der Waals surface area contributed by atoms with E-state index >= 15 is 0 Å². The molecule has 1 aliphatic heterocycles. The number of aliphatic hydroxyl groups is 1. The second-order valence-electron chi connectivity index (χ2n) is 3.43. The molecule has 0 saturated heterocycles. The smallest absolute Gasteiger partial charge is 0.140 e. The molecular weight excluding hydrogens is 232 g/mol. The van der Waals surface area contributed by atoms with E-state index < -0.39 is 6.10 Å². The summed E-state index contributed by atoms with van der Waals surface area (Å²) in [4.78, 5) is 0. The lowest BCUT2D eigenvalue weighted by Gasteiger charge is -2.06. The van der Waals surface area contributed by atoms with Crippen LogP contribution >= 0.6 is 15.9 Å². The minimum absolute atomic E-state index is 0.145. The van der Waals surface area contributed by atoms with E-state index in [0.29, 0.717) is 0 Å². The van der Waals surface area contributed by atoms with Crippen LogP contribution in [0, 0.1) is 6.92 Å². The molecule has 0 saturated carbocycles. The number of benzene rings is 1. The first kappa shape index (κ1) is 9.03. The predicted molar refractivity (Wildman–Crippen MR) is 53.9 cm³/mol. The second-order valence-corrected chi connectivity index (χ2v) is 4.29. The standard InChI is InChI=1S/C10H11BrO2/c1-5-3-7-9(12)6(2)13-10(7)8(11)4-5/h3-4,6,9,12H,1-2H3. The van der Waals surface area contributed by atoms with Crippen molar-refractivity contribution in [1.82, 2.24) is 0 Å². The van der Waals surface area contributed by atoms with E-state index in [1.807, 2.05) is 26.0 Å². The molecule has 3 heteroatoms. The molecule has 70 valence electrons. The van der Waals surface area contributed by atoms with Gasteiger partial charge >= 0.3 is 0 Å². The molecule has 2 nitrogen and oxygen atoms in total. The first-order chi connectivity index (χ1) is 6.09. The molecule has 1 heterocycles. The highest BCUT2D eigenvalue weighted by atomic mass is 79.9. The third kappa shape index (κ3) is 1.36. The summed E-state index contributed by atoms with van der Waals surface area (Å²) >= 11 is 3.42. The molecule has 0 aliphatic carbocycles. The summed E-state index contributed by atoms with van der Waals surface area (Å²) in [6, 6.07) is 3.96. The molecule has 1 N–H and O–H groups in total. The molecule has 13 heavy (non-hydrogen) atoms. The molecule has 2 rings (SSSR count). The van der Waals surface area contributed by atoms with Gasteiger partial charge in [-0.25, -0.2) is 0 Å². The average Bonchev–Trinajstić information content (AvgIpc) is 2.32. The number of ether oxygens (including phenoxy) is 1. The van der Waals surface area contributed by atoms with Gasteiger partial charge in [0, 0.05) is 5.56 Å². The van der Waals surface area contributed by atoms with E-state index in [-0.39, 0.29) is 6.10 Å². The van der Waals surface area contributed by atoms with Crippen LogP contribution in [0.3, 0.4) is 0 Å². The molecule has 1 aliphatic rings. The topological polar surface area (TPSA) is 29.5 Å². The van der Waals surface area contributed by atoms with E-state index in [2.05, 4.69) is 15.9 Å². The van der Waals surface area contributed by atoms with Crippen LogP contribution in [-0.2, 0) is 0 Å². The molecule has 0 spiro atoms. The van der Waals surface area contributed by atoms with E-state index in [1.54, 1.807) is 0 Å². The monoisotopic (exact) mass is 242 g/mol. The van der Waals surface area contributed by atoms with E-state index in [0.717, 1.165) is 21.3 Å². The van der Waals surface area contributed by atoms with Crippen LogP contribution in [0.1, 0.15) is 24.2 Å². The van der Waals surface area contributed by atoms with E-state index in [4.69, 9.17) is 4.74 Å². The molecule has 0 bridgehead atoms. The van der Waals surface area contributed by atoms with Crippen molar-refractivity contribution >= 4 is 15.9 Å². The van der Waals surface area contributed by atoms with Crippen LogP contribution in [-0.4, -0.2) is 11.2 Å². The molecule has 0 aromatic heterocycles. The molecule has 0 fully saturated rings. The lowest BCUT2D eigenvalue weighted by atomic mass is 10.1. The number of aliphatic hydroxyl groups excluding tert-OH is 1. The van der Waals surface area contributed by atoms with Crippen LogP contribution in [0.2, 0.25) is 0 Å². The highest BCUT2D eigenvalue weighted by Gasteiger charge is 2.30. The second kappa shape index (κ2) is 3.00. The number of hydrogen-bond acceptors (Lipinski definition) is 2. The summed E-state index contributed by atoms with van der Waals surface area (Å²) < 4.78 is 6.43. The van der Waals surface area contributed by atoms with Crippen LogP contribution in [0.5, 0.6) is 5.75 Å². The third-order valence-corrected chi connectivity index (χ3v) is 2.87. The van der Waals surface area contributed by atoms with E-state index in [9.17, 15) is 5.11 Å².